The summed E-state index contributed by atoms with van der Waals surface area (Å²) in [5.74, 6) is -0.878. The van der Waals surface area contributed by atoms with E-state index >= 15 is 0 Å². The monoisotopic (exact) mass is 432 g/mol. The van der Waals surface area contributed by atoms with E-state index in [0.717, 1.165) is 19.6 Å². The van der Waals surface area contributed by atoms with Gasteiger partial charge in [0.1, 0.15) is 5.82 Å². The second kappa shape index (κ2) is 10.0. The number of Topliss-reactive ketones (excluding diaryl/α,β-unsaturated/α-hetero) is 1. The molecule has 0 spiro atoms. The molecule has 8 heteroatoms. The lowest BCUT2D eigenvalue weighted by Gasteiger charge is -2.37. The molecule has 160 valence electrons. The Hall–Kier alpha value is -2.48. The topological polar surface area (TPSA) is 69.9 Å². The number of urea groups is 1. The zero-order valence-electron chi connectivity index (χ0n) is 17.0. The minimum atomic E-state index is -0.545. The fourth-order valence-corrected chi connectivity index (χ4v) is 3.58. The third kappa shape index (κ3) is 5.16. The molecular formula is C22H26ClFN4O2. The van der Waals surface area contributed by atoms with Crippen molar-refractivity contribution in [1.29, 1.82) is 0 Å². The zero-order valence-corrected chi connectivity index (χ0v) is 17.7. The van der Waals surface area contributed by atoms with E-state index in [4.69, 9.17) is 17.3 Å². The van der Waals surface area contributed by atoms with Crippen LogP contribution in [-0.2, 0) is 6.54 Å². The lowest BCUT2D eigenvalue weighted by molar-refractivity contribution is 0.100. The predicted octanol–water partition coefficient (Wildman–Crippen LogP) is 3.38. The zero-order chi connectivity index (χ0) is 21.7. The molecule has 0 atom stereocenters. The van der Waals surface area contributed by atoms with Gasteiger partial charge in [0.15, 0.2) is 5.78 Å². The summed E-state index contributed by atoms with van der Waals surface area (Å²) in [5, 5.41) is 0.554. The van der Waals surface area contributed by atoms with Crippen LogP contribution >= 0.6 is 11.6 Å². The van der Waals surface area contributed by atoms with Gasteiger partial charge in [0.25, 0.3) is 0 Å². The van der Waals surface area contributed by atoms with Gasteiger partial charge in [0.05, 0.1) is 13.1 Å². The molecule has 0 saturated carbocycles. The first-order chi connectivity index (χ1) is 14.4. The number of nitrogens with two attached hydrogens (primary N) is 1. The van der Waals surface area contributed by atoms with Crippen molar-refractivity contribution in [2.45, 2.75) is 13.5 Å². The number of carbonyl (C=O) groups excluding carboxylic acids is 2. The molecule has 0 bridgehead atoms. The smallest absolute Gasteiger partial charge is 0.324 e. The van der Waals surface area contributed by atoms with Crippen LogP contribution in [0, 0.1) is 5.82 Å². The van der Waals surface area contributed by atoms with E-state index in [9.17, 15) is 14.0 Å². The first kappa shape index (κ1) is 22.2. The molecule has 1 heterocycles. The predicted molar refractivity (Wildman–Crippen MR) is 117 cm³/mol. The van der Waals surface area contributed by atoms with Gasteiger partial charge < -0.3 is 15.5 Å². The quantitative estimate of drug-likeness (QED) is 0.710. The molecule has 0 aliphatic carbocycles. The number of hydrogen-bond acceptors (Lipinski definition) is 4. The van der Waals surface area contributed by atoms with Crippen LogP contribution in [0.1, 0.15) is 22.8 Å². The van der Waals surface area contributed by atoms with Gasteiger partial charge in [-0.15, -0.1) is 0 Å². The van der Waals surface area contributed by atoms with Gasteiger partial charge in [-0.2, -0.15) is 0 Å². The molecule has 0 radical (unpaired) electrons. The number of carbonyl (C=O) groups is 2. The van der Waals surface area contributed by atoms with Crippen molar-refractivity contribution >= 4 is 29.1 Å². The lowest BCUT2D eigenvalue weighted by atomic mass is 10.1. The molecule has 2 amide bonds. The minimum absolute atomic E-state index is 0.0391. The molecule has 0 aromatic heterocycles. The molecule has 2 aromatic rings. The first-order valence-electron chi connectivity index (χ1n) is 9.99. The summed E-state index contributed by atoms with van der Waals surface area (Å²) >= 11 is 6.00. The Balaban J connectivity index is 1.86. The SMILES string of the molecule is CCN1CCN(C(=O)N(Cc2ccc(C(=O)CN)cc2F)c2ccc(Cl)cc2)CC1. The van der Waals surface area contributed by atoms with E-state index in [1.54, 1.807) is 34.1 Å². The number of ketones is 1. The number of anilines is 1. The number of hydrogen-bond donors (Lipinski definition) is 1. The molecule has 1 saturated heterocycles. The van der Waals surface area contributed by atoms with Crippen LogP contribution in [0.25, 0.3) is 0 Å². The number of halogens is 2. The highest BCUT2D eigenvalue weighted by Crippen LogP contribution is 2.24. The van der Waals surface area contributed by atoms with Crippen molar-refractivity contribution in [2.24, 2.45) is 5.73 Å². The van der Waals surface area contributed by atoms with Crippen LogP contribution in [-0.4, -0.2) is 60.9 Å². The van der Waals surface area contributed by atoms with Crippen molar-refractivity contribution in [2.75, 3.05) is 44.2 Å². The van der Waals surface area contributed by atoms with Gasteiger partial charge in [0.2, 0.25) is 0 Å². The maximum atomic E-state index is 14.7. The molecule has 3 rings (SSSR count). The molecule has 30 heavy (non-hydrogen) atoms. The Morgan fingerprint density at radius 3 is 2.33 bits per heavy atom. The van der Waals surface area contributed by atoms with E-state index in [2.05, 4.69) is 11.8 Å². The Morgan fingerprint density at radius 2 is 1.77 bits per heavy atom. The molecule has 0 unspecified atom stereocenters. The summed E-state index contributed by atoms with van der Waals surface area (Å²) in [7, 11) is 0. The van der Waals surface area contributed by atoms with Gasteiger partial charge in [-0.05, 0) is 36.9 Å². The van der Waals surface area contributed by atoms with Crippen LogP contribution < -0.4 is 10.6 Å². The second-order valence-electron chi connectivity index (χ2n) is 7.20. The fourth-order valence-electron chi connectivity index (χ4n) is 3.45. The molecule has 6 nitrogen and oxygen atoms in total. The number of piperazine rings is 1. The Bertz CT molecular complexity index is 899. The van der Waals surface area contributed by atoms with Crippen LogP contribution in [0.2, 0.25) is 5.02 Å². The first-order valence-corrected chi connectivity index (χ1v) is 10.4. The largest absolute Gasteiger partial charge is 0.324 e. The second-order valence-corrected chi connectivity index (χ2v) is 7.64. The van der Waals surface area contributed by atoms with Crippen molar-refractivity contribution in [1.82, 2.24) is 9.80 Å². The maximum absolute atomic E-state index is 14.7. The number of benzene rings is 2. The third-order valence-corrected chi connectivity index (χ3v) is 5.60. The maximum Gasteiger partial charge on any atom is 0.324 e. The molecule has 2 N–H and O–H groups in total. The van der Waals surface area contributed by atoms with E-state index in [-0.39, 0.29) is 30.5 Å². The summed E-state index contributed by atoms with van der Waals surface area (Å²) in [4.78, 5) is 30.7. The highest BCUT2D eigenvalue weighted by atomic mass is 35.5. The van der Waals surface area contributed by atoms with Crippen LogP contribution in [0.3, 0.4) is 0 Å². The van der Waals surface area contributed by atoms with Gasteiger partial charge in [-0.25, -0.2) is 9.18 Å². The van der Waals surface area contributed by atoms with Crippen LogP contribution in [0.5, 0.6) is 0 Å². The highest BCUT2D eigenvalue weighted by molar-refractivity contribution is 6.30. The van der Waals surface area contributed by atoms with Crippen molar-refractivity contribution < 1.29 is 14.0 Å². The Morgan fingerprint density at radius 1 is 1.10 bits per heavy atom. The lowest BCUT2D eigenvalue weighted by Crippen LogP contribution is -2.52. The normalized spacial score (nSPS) is 14.6. The number of nitrogens with zero attached hydrogens (tertiary/aromatic N) is 3. The molecule has 2 aromatic carbocycles. The summed E-state index contributed by atoms with van der Waals surface area (Å²) in [6, 6.07) is 10.9. The number of amides is 2. The van der Waals surface area contributed by atoms with Crippen molar-refractivity contribution in [3.63, 3.8) is 0 Å². The molecule has 1 fully saturated rings. The van der Waals surface area contributed by atoms with Crippen LogP contribution in [0.15, 0.2) is 42.5 Å². The van der Waals surface area contributed by atoms with E-state index < -0.39 is 5.82 Å². The summed E-state index contributed by atoms with van der Waals surface area (Å²) in [6.07, 6.45) is 0. The van der Waals surface area contributed by atoms with E-state index in [1.165, 1.54) is 18.2 Å². The summed E-state index contributed by atoms with van der Waals surface area (Å²) in [6.45, 7) is 5.74. The average molecular weight is 433 g/mol. The van der Waals surface area contributed by atoms with Crippen molar-refractivity contribution in [3.8, 4) is 0 Å². The van der Waals surface area contributed by atoms with E-state index in [0.29, 0.717) is 29.4 Å². The fraction of sp³-hybridized carbons (Fsp3) is 0.364. The van der Waals surface area contributed by atoms with Crippen LogP contribution in [0.4, 0.5) is 14.9 Å². The Labute approximate surface area is 181 Å². The molecule has 1 aliphatic rings. The number of likely N-dealkylation sites (N-methyl/N-ethyl adjacent to an activating group) is 1. The Kier molecular flexibility index (Phi) is 7.42. The number of rotatable bonds is 6. The van der Waals surface area contributed by atoms with Gasteiger partial charge in [-0.3, -0.25) is 9.69 Å². The third-order valence-electron chi connectivity index (χ3n) is 5.35. The summed E-state index contributed by atoms with van der Waals surface area (Å²) in [5.41, 5.74) is 6.53. The highest BCUT2D eigenvalue weighted by Gasteiger charge is 2.26. The van der Waals surface area contributed by atoms with Gasteiger partial charge in [0, 0.05) is 48.0 Å². The summed E-state index contributed by atoms with van der Waals surface area (Å²) < 4.78 is 14.7. The van der Waals surface area contributed by atoms with Crippen molar-refractivity contribution in [3.05, 3.63) is 64.4 Å². The molecule has 1 aliphatic heterocycles. The average Bonchev–Trinajstić information content (AvgIpc) is 2.78. The minimum Gasteiger partial charge on any atom is -0.324 e. The molecular weight excluding hydrogens is 407 g/mol. The van der Waals surface area contributed by atoms with Gasteiger partial charge >= 0.3 is 6.03 Å². The van der Waals surface area contributed by atoms with Gasteiger partial charge in [-0.1, -0.05) is 30.7 Å². The standard InChI is InChI=1S/C22H26ClFN4O2/c1-2-26-9-11-27(12-10-26)22(30)28(19-7-5-18(23)6-8-19)15-17-4-3-16(13-20(17)24)21(29)14-25/h3-8,13H,2,9-12,14-15,25H2,1H3. The van der Waals surface area contributed by atoms with E-state index in [1.807, 2.05) is 0 Å².